The molecule has 0 bridgehead atoms. The zero-order valence-corrected chi connectivity index (χ0v) is 9.32. The van der Waals surface area contributed by atoms with E-state index in [9.17, 15) is 0 Å². The lowest BCUT2D eigenvalue weighted by Gasteiger charge is -2.11. The number of hydrogen-bond donors (Lipinski definition) is 0. The Morgan fingerprint density at radius 2 is 1.44 bits per heavy atom. The van der Waals surface area contributed by atoms with Gasteiger partial charge in [-0.3, -0.25) is 4.90 Å². The highest BCUT2D eigenvalue weighted by molar-refractivity contribution is 5.84. The van der Waals surface area contributed by atoms with Crippen molar-refractivity contribution in [3.05, 3.63) is 47.5 Å². The largest absolute Gasteiger partial charge is 0.292 e. The molecule has 2 aliphatic rings. The Bertz CT molecular complexity index is 510. The van der Waals surface area contributed by atoms with E-state index in [1.165, 1.54) is 36.7 Å². The molecule has 0 radical (unpaired) electrons. The first kappa shape index (κ1) is 8.77. The van der Waals surface area contributed by atoms with Gasteiger partial charge in [-0.1, -0.05) is 24.3 Å². The van der Waals surface area contributed by atoms with Gasteiger partial charge in [0.1, 0.15) is 0 Å². The van der Waals surface area contributed by atoms with E-state index >= 15 is 0 Å². The summed E-state index contributed by atoms with van der Waals surface area (Å²) in [6.07, 6.45) is 2.82. The quantitative estimate of drug-likeness (QED) is 0.696. The molecule has 0 atom stereocenters. The second-order valence-electron chi connectivity index (χ2n) is 5.10. The van der Waals surface area contributed by atoms with Crippen molar-refractivity contribution in [2.45, 2.75) is 32.0 Å². The first-order valence-electron chi connectivity index (χ1n) is 6.15. The minimum atomic E-state index is 0.885. The fourth-order valence-corrected chi connectivity index (χ4v) is 2.82. The molecule has 2 aromatic carbocycles. The van der Waals surface area contributed by atoms with E-state index in [2.05, 4.69) is 41.3 Å². The van der Waals surface area contributed by atoms with Crippen LogP contribution in [0.2, 0.25) is 0 Å². The molecule has 1 aliphatic carbocycles. The maximum absolute atomic E-state index is 2.63. The third kappa shape index (κ3) is 1.28. The molecule has 1 fully saturated rings. The van der Waals surface area contributed by atoms with Crippen molar-refractivity contribution in [2.24, 2.45) is 0 Å². The van der Waals surface area contributed by atoms with E-state index in [0.717, 1.165) is 6.04 Å². The molecule has 1 saturated carbocycles. The van der Waals surface area contributed by atoms with Crippen LogP contribution in [-0.4, -0.2) is 10.9 Å². The van der Waals surface area contributed by atoms with E-state index in [1.807, 2.05) is 0 Å². The van der Waals surface area contributed by atoms with E-state index < -0.39 is 0 Å². The standard InChI is InChI=1S/C15H15N/c1-2-4-12-8-14-10-16(15-5-6-15)9-13(14)7-11(12)3-1/h1-4,7-8,15H,5-6,9-10H2. The molecular formula is C15H15N. The molecule has 0 N–H and O–H groups in total. The maximum atomic E-state index is 2.63. The highest BCUT2D eigenvalue weighted by atomic mass is 15.2. The first-order chi connectivity index (χ1) is 7.90. The summed E-state index contributed by atoms with van der Waals surface area (Å²) >= 11 is 0. The Hall–Kier alpha value is -1.34. The van der Waals surface area contributed by atoms with Gasteiger partial charge in [0.25, 0.3) is 0 Å². The van der Waals surface area contributed by atoms with Crippen molar-refractivity contribution in [2.75, 3.05) is 0 Å². The van der Waals surface area contributed by atoms with Gasteiger partial charge in [-0.25, -0.2) is 0 Å². The summed E-state index contributed by atoms with van der Waals surface area (Å²) in [4.78, 5) is 2.63. The molecule has 2 aromatic rings. The van der Waals surface area contributed by atoms with Crippen LogP contribution < -0.4 is 0 Å². The predicted octanol–water partition coefficient (Wildman–Crippen LogP) is 3.32. The van der Waals surface area contributed by atoms with E-state index in [4.69, 9.17) is 0 Å². The normalized spacial score (nSPS) is 20.2. The molecule has 0 spiro atoms. The van der Waals surface area contributed by atoms with Crippen LogP contribution in [0.4, 0.5) is 0 Å². The summed E-state index contributed by atoms with van der Waals surface area (Å²) < 4.78 is 0. The second-order valence-corrected chi connectivity index (χ2v) is 5.10. The average Bonchev–Trinajstić information content (AvgIpc) is 3.07. The summed E-state index contributed by atoms with van der Waals surface area (Å²) in [5.41, 5.74) is 3.09. The van der Waals surface area contributed by atoms with Crippen molar-refractivity contribution in [3.63, 3.8) is 0 Å². The van der Waals surface area contributed by atoms with Gasteiger partial charge in [-0.2, -0.15) is 0 Å². The SMILES string of the molecule is c1ccc2cc3c(cc2c1)CN(C1CC1)C3. The summed E-state index contributed by atoms with van der Waals surface area (Å²) in [7, 11) is 0. The van der Waals surface area contributed by atoms with Gasteiger partial charge in [0.05, 0.1) is 0 Å². The third-order valence-electron chi connectivity index (χ3n) is 3.88. The maximum Gasteiger partial charge on any atom is 0.0243 e. The lowest BCUT2D eigenvalue weighted by atomic mass is 10.0. The van der Waals surface area contributed by atoms with Crippen LogP contribution in [0.5, 0.6) is 0 Å². The molecule has 1 heteroatoms. The van der Waals surface area contributed by atoms with Crippen molar-refractivity contribution in [1.29, 1.82) is 0 Å². The molecule has 80 valence electrons. The lowest BCUT2D eigenvalue weighted by molar-refractivity contribution is 0.273. The van der Waals surface area contributed by atoms with E-state index in [1.54, 1.807) is 11.1 Å². The summed E-state index contributed by atoms with van der Waals surface area (Å²) in [6, 6.07) is 14.3. The Balaban J connectivity index is 1.82. The summed E-state index contributed by atoms with van der Waals surface area (Å²) in [6.45, 7) is 2.34. The van der Waals surface area contributed by atoms with Crippen molar-refractivity contribution in [3.8, 4) is 0 Å². The van der Waals surface area contributed by atoms with E-state index in [-0.39, 0.29) is 0 Å². The van der Waals surface area contributed by atoms with Crippen molar-refractivity contribution >= 4 is 10.8 Å². The lowest BCUT2D eigenvalue weighted by Crippen LogP contribution is -2.18. The van der Waals surface area contributed by atoms with Gasteiger partial charge in [0.2, 0.25) is 0 Å². The number of nitrogens with zero attached hydrogens (tertiary/aromatic N) is 1. The number of rotatable bonds is 1. The van der Waals surface area contributed by atoms with Gasteiger partial charge in [-0.05, 0) is 46.9 Å². The molecule has 1 aliphatic heterocycles. The molecule has 0 unspecified atom stereocenters. The summed E-state index contributed by atoms with van der Waals surface area (Å²) in [5, 5.41) is 2.78. The fraction of sp³-hybridized carbons (Fsp3) is 0.333. The molecule has 0 aromatic heterocycles. The highest BCUT2D eigenvalue weighted by Crippen LogP contribution is 2.35. The Morgan fingerprint density at radius 3 is 1.94 bits per heavy atom. The molecular weight excluding hydrogens is 194 g/mol. The van der Waals surface area contributed by atoms with Crippen LogP contribution in [0.3, 0.4) is 0 Å². The van der Waals surface area contributed by atoms with Crippen molar-refractivity contribution in [1.82, 2.24) is 4.90 Å². The second kappa shape index (κ2) is 3.08. The highest BCUT2D eigenvalue weighted by Gasteiger charge is 2.32. The smallest absolute Gasteiger partial charge is 0.0243 e. The third-order valence-corrected chi connectivity index (χ3v) is 3.88. The number of fused-ring (bicyclic) bond motifs is 2. The minimum Gasteiger partial charge on any atom is -0.292 e. The van der Waals surface area contributed by atoms with Gasteiger partial charge in [0, 0.05) is 19.1 Å². The Morgan fingerprint density at radius 1 is 0.875 bits per heavy atom. The fourth-order valence-electron chi connectivity index (χ4n) is 2.82. The van der Waals surface area contributed by atoms with Crippen molar-refractivity contribution < 1.29 is 0 Å². The van der Waals surface area contributed by atoms with Gasteiger partial charge in [0.15, 0.2) is 0 Å². The van der Waals surface area contributed by atoms with Crippen LogP contribution in [0.25, 0.3) is 10.8 Å². The molecule has 0 saturated heterocycles. The zero-order valence-electron chi connectivity index (χ0n) is 9.32. The monoisotopic (exact) mass is 209 g/mol. The van der Waals surface area contributed by atoms with Gasteiger partial charge in [-0.15, -0.1) is 0 Å². The minimum absolute atomic E-state index is 0.885. The van der Waals surface area contributed by atoms with Crippen LogP contribution in [-0.2, 0) is 13.1 Å². The first-order valence-corrected chi connectivity index (χ1v) is 6.15. The topological polar surface area (TPSA) is 3.24 Å². The zero-order chi connectivity index (χ0) is 10.5. The van der Waals surface area contributed by atoms with Crippen LogP contribution in [0, 0.1) is 0 Å². The van der Waals surface area contributed by atoms with Gasteiger partial charge < -0.3 is 0 Å². The molecule has 1 nitrogen and oxygen atoms in total. The summed E-state index contributed by atoms with van der Waals surface area (Å²) in [5.74, 6) is 0. The number of hydrogen-bond acceptors (Lipinski definition) is 1. The molecule has 16 heavy (non-hydrogen) atoms. The van der Waals surface area contributed by atoms with Crippen LogP contribution in [0.15, 0.2) is 36.4 Å². The molecule has 0 amide bonds. The Labute approximate surface area is 95.7 Å². The van der Waals surface area contributed by atoms with Crippen LogP contribution in [0.1, 0.15) is 24.0 Å². The average molecular weight is 209 g/mol. The van der Waals surface area contributed by atoms with Gasteiger partial charge >= 0.3 is 0 Å². The predicted molar refractivity (Wildman–Crippen MR) is 66.2 cm³/mol. The number of benzene rings is 2. The molecule has 1 heterocycles. The van der Waals surface area contributed by atoms with E-state index in [0.29, 0.717) is 0 Å². The Kier molecular flexibility index (Phi) is 1.69. The molecule has 4 rings (SSSR count). The van der Waals surface area contributed by atoms with Crippen LogP contribution >= 0.6 is 0 Å².